The molecule has 2 aromatic rings. The number of aromatic nitrogens is 2. The van der Waals surface area contributed by atoms with Crippen molar-refractivity contribution in [2.24, 2.45) is 5.92 Å². The molecule has 25 heavy (non-hydrogen) atoms. The maximum absolute atomic E-state index is 13.1. The second-order valence-electron chi connectivity index (χ2n) is 6.51. The van der Waals surface area contributed by atoms with Gasteiger partial charge in [0.1, 0.15) is 5.82 Å². The lowest BCUT2D eigenvalue weighted by molar-refractivity contribution is -0.141. The number of hydrogen-bond donors (Lipinski definition) is 1. The number of hydrogen-bond acceptors (Lipinski definition) is 3. The predicted molar refractivity (Wildman–Crippen MR) is 89.1 cm³/mol. The molecule has 132 valence electrons. The normalized spacial score (nSPS) is 15.0. The molecule has 1 aromatic heterocycles. The zero-order valence-electron chi connectivity index (χ0n) is 14.1. The van der Waals surface area contributed by atoms with E-state index in [9.17, 15) is 14.0 Å². The number of amides is 1. The standard InChI is InChI=1S/C18H20FN3O3/c1-11-10-22(15-5-3-13(19)4-6-15)20-16(11)17(23)21(14-7-8-14)9-12(2)18(24)25/h3-6,10,12,14H,7-9H2,1-2H3,(H,24,25). The van der Waals surface area contributed by atoms with Gasteiger partial charge in [0, 0.05) is 24.3 Å². The van der Waals surface area contributed by atoms with Gasteiger partial charge in [-0.05, 0) is 44.0 Å². The second-order valence-corrected chi connectivity index (χ2v) is 6.51. The number of halogens is 1. The number of carboxylic acids is 1. The number of benzene rings is 1. The van der Waals surface area contributed by atoms with Crippen LogP contribution in [-0.4, -0.2) is 44.3 Å². The maximum Gasteiger partial charge on any atom is 0.308 e. The van der Waals surface area contributed by atoms with Crippen molar-refractivity contribution in [1.82, 2.24) is 14.7 Å². The van der Waals surface area contributed by atoms with E-state index in [1.54, 1.807) is 37.1 Å². The van der Waals surface area contributed by atoms with Crippen LogP contribution < -0.4 is 0 Å². The van der Waals surface area contributed by atoms with E-state index in [0.29, 0.717) is 16.9 Å². The zero-order valence-corrected chi connectivity index (χ0v) is 14.1. The Morgan fingerprint density at radius 2 is 2.00 bits per heavy atom. The van der Waals surface area contributed by atoms with Crippen molar-refractivity contribution in [1.29, 1.82) is 0 Å². The average Bonchev–Trinajstić information content (AvgIpc) is 3.34. The van der Waals surface area contributed by atoms with Crippen LogP contribution in [0.4, 0.5) is 4.39 Å². The predicted octanol–water partition coefficient (Wildman–Crippen LogP) is 2.65. The molecule has 3 rings (SSSR count). The number of carbonyl (C=O) groups excluding carboxylic acids is 1. The minimum Gasteiger partial charge on any atom is -0.481 e. The number of rotatable bonds is 6. The Morgan fingerprint density at radius 3 is 2.56 bits per heavy atom. The third kappa shape index (κ3) is 3.70. The summed E-state index contributed by atoms with van der Waals surface area (Å²) in [5.41, 5.74) is 1.65. The van der Waals surface area contributed by atoms with Gasteiger partial charge in [0.05, 0.1) is 11.6 Å². The van der Waals surface area contributed by atoms with E-state index in [0.717, 1.165) is 12.8 Å². The van der Waals surface area contributed by atoms with Crippen LogP contribution in [0, 0.1) is 18.7 Å². The van der Waals surface area contributed by atoms with Crippen LogP contribution in [0.25, 0.3) is 5.69 Å². The van der Waals surface area contributed by atoms with Crippen LogP contribution in [0.2, 0.25) is 0 Å². The molecule has 1 N–H and O–H groups in total. The smallest absolute Gasteiger partial charge is 0.308 e. The van der Waals surface area contributed by atoms with Gasteiger partial charge in [-0.15, -0.1) is 0 Å². The zero-order chi connectivity index (χ0) is 18.1. The fraction of sp³-hybridized carbons (Fsp3) is 0.389. The number of carboxylic acid groups (broad SMARTS) is 1. The molecule has 0 radical (unpaired) electrons. The summed E-state index contributed by atoms with van der Waals surface area (Å²) >= 11 is 0. The van der Waals surface area contributed by atoms with Gasteiger partial charge in [0.25, 0.3) is 5.91 Å². The number of carbonyl (C=O) groups is 2. The highest BCUT2D eigenvalue weighted by atomic mass is 19.1. The molecule has 0 bridgehead atoms. The molecule has 0 aliphatic heterocycles. The fourth-order valence-corrected chi connectivity index (χ4v) is 2.69. The second kappa shape index (κ2) is 6.66. The fourth-order valence-electron chi connectivity index (χ4n) is 2.69. The summed E-state index contributed by atoms with van der Waals surface area (Å²) in [6.45, 7) is 3.54. The van der Waals surface area contributed by atoms with Crippen molar-refractivity contribution < 1.29 is 19.1 Å². The van der Waals surface area contributed by atoms with E-state index in [-0.39, 0.29) is 24.3 Å². The Morgan fingerprint density at radius 1 is 1.36 bits per heavy atom. The first-order chi connectivity index (χ1) is 11.9. The third-order valence-corrected chi connectivity index (χ3v) is 4.33. The lowest BCUT2D eigenvalue weighted by Crippen LogP contribution is -2.39. The first-order valence-electron chi connectivity index (χ1n) is 8.23. The molecular formula is C18H20FN3O3. The van der Waals surface area contributed by atoms with Crippen molar-refractivity contribution in [2.75, 3.05) is 6.54 Å². The molecule has 1 aromatic carbocycles. The van der Waals surface area contributed by atoms with Crippen LogP contribution in [0.5, 0.6) is 0 Å². The molecule has 1 fully saturated rings. The molecule has 0 spiro atoms. The molecule has 1 saturated carbocycles. The minimum absolute atomic E-state index is 0.0877. The van der Waals surface area contributed by atoms with E-state index >= 15 is 0 Å². The van der Waals surface area contributed by atoms with Crippen LogP contribution in [-0.2, 0) is 4.79 Å². The lowest BCUT2D eigenvalue weighted by atomic mass is 10.1. The molecule has 1 aliphatic carbocycles. The van der Waals surface area contributed by atoms with Gasteiger partial charge in [-0.1, -0.05) is 6.92 Å². The summed E-state index contributed by atoms with van der Waals surface area (Å²) in [5, 5.41) is 13.5. The van der Waals surface area contributed by atoms with Gasteiger partial charge >= 0.3 is 5.97 Å². The van der Waals surface area contributed by atoms with E-state index in [1.807, 2.05) is 0 Å². The first kappa shape index (κ1) is 17.1. The highest BCUT2D eigenvalue weighted by Gasteiger charge is 2.36. The molecule has 1 aliphatic rings. The van der Waals surface area contributed by atoms with Crippen molar-refractivity contribution >= 4 is 11.9 Å². The van der Waals surface area contributed by atoms with E-state index in [4.69, 9.17) is 5.11 Å². The van der Waals surface area contributed by atoms with Crippen molar-refractivity contribution in [3.05, 3.63) is 47.5 Å². The SMILES string of the molecule is Cc1cn(-c2ccc(F)cc2)nc1C(=O)N(CC(C)C(=O)O)C1CC1. The monoisotopic (exact) mass is 345 g/mol. The van der Waals surface area contributed by atoms with Crippen molar-refractivity contribution in [3.8, 4) is 5.69 Å². The Bertz CT molecular complexity index is 796. The van der Waals surface area contributed by atoms with Crippen LogP contribution in [0.1, 0.15) is 35.8 Å². The Kier molecular flexibility index (Phi) is 4.57. The van der Waals surface area contributed by atoms with Crippen LogP contribution in [0.3, 0.4) is 0 Å². The van der Waals surface area contributed by atoms with Gasteiger partial charge in [-0.2, -0.15) is 5.10 Å². The summed E-state index contributed by atoms with van der Waals surface area (Å²) in [5.74, 6) is -2.16. The Balaban J connectivity index is 1.85. The van der Waals surface area contributed by atoms with Crippen molar-refractivity contribution in [2.45, 2.75) is 32.7 Å². The summed E-state index contributed by atoms with van der Waals surface area (Å²) in [7, 11) is 0. The van der Waals surface area contributed by atoms with Gasteiger partial charge < -0.3 is 10.0 Å². The summed E-state index contributed by atoms with van der Waals surface area (Å²) in [6.07, 6.45) is 3.48. The molecule has 1 atom stereocenters. The van der Waals surface area contributed by atoms with E-state index in [2.05, 4.69) is 5.10 Å². The van der Waals surface area contributed by atoms with Gasteiger partial charge in [-0.25, -0.2) is 9.07 Å². The van der Waals surface area contributed by atoms with Gasteiger partial charge in [0.15, 0.2) is 5.69 Å². The number of aliphatic carboxylic acids is 1. The van der Waals surface area contributed by atoms with E-state index < -0.39 is 11.9 Å². The molecule has 7 heteroatoms. The molecule has 1 heterocycles. The van der Waals surface area contributed by atoms with Crippen LogP contribution in [0.15, 0.2) is 30.5 Å². The van der Waals surface area contributed by atoms with Crippen LogP contribution >= 0.6 is 0 Å². The number of aryl methyl sites for hydroxylation is 1. The maximum atomic E-state index is 13.1. The summed E-state index contributed by atoms with van der Waals surface area (Å²) in [6, 6.07) is 5.92. The third-order valence-electron chi connectivity index (χ3n) is 4.33. The molecule has 1 amide bonds. The topological polar surface area (TPSA) is 75.4 Å². The Labute approximate surface area is 144 Å². The molecule has 0 saturated heterocycles. The van der Waals surface area contributed by atoms with Gasteiger partial charge in [0.2, 0.25) is 0 Å². The lowest BCUT2D eigenvalue weighted by Gasteiger charge is -2.23. The van der Waals surface area contributed by atoms with Crippen molar-refractivity contribution in [3.63, 3.8) is 0 Å². The minimum atomic E-state index is -0.924. The number of nitrogens with zero attached hydrogens (tertiary/aromatic N) is 3. The highest BCUT2D eigenvalue weighted by molar-refractivity contribution is 5.94. The van der Waals surface area contributed by atoms with Gasteiger partial charge in [-0.3, -0.25) is 9.59 Å². The molecule has 6 nitrogen and oxygen atoms in total. The molecule has 1 unspecified atom stereocenters. The molecular weight excluding hydrogens is 325 g/mol. The first-order valence-corrected chi connectivity index (χ1v) is 8.23. The largest absolute Gasteiger partial charge is 0.481 e. The Hall–Kier alpha value is -2.70. The quantitative estimate of drug-likeness (QED) is 0.873. The summed E-state index contributed by atoms with van der Waals surface area (Å²) in [4.78, 5) is 25.6. The highest BCUT2D eigenvalue weighted by Crippen LogP contribution is 2.29. The summed E-state index contributed by atoms with van der Waals surface area (Å²) < 4.78 is 14.6. The average molecular weight is 345 g/mol. The van der Waals surface area contributed by atoms with E-state index in [1.165, 1.54) is 16.8 Å².